The van der Waals surface area contributed by atoms with E-state index in [-0.39, 0.29) is 0 Å². The summed E-state index contributed by atoms with van der Waals surface area (Å²) >= 11 is 5.95. The summed E-state index contributed by atoms with van der Waals surface area (Å²) in [6.45, 7) is 1.77. The van der Waals surface area contributed by atoms with E-state index < -0.39 is 6.10 Å². The molecule has 0 saturated carbocycles. The third kappa shape index (κ3) is 1.45. The Hall–Kier alpha value is -0.600. The molecule has 1 N–H and O–H groups in total. The van der Waals surface area contributed by atoms with Crippen LogP contribution in [0, 0.1) is 0 Å². The van der Waals surface area contributed by atoms with Crippen LogP contribution in [-0.2, 0) is 12.8 Å². The predicted molar refractivity (Wildman–Crippen MR) is 51.9 cm³/mol. The zero-order valence-electron chi connectivity index (χ0n) is 7.55. The first kappa shape index (κ1) is 8.97. The fraction of sp³-hybridized carbons (Fsp3) is 0.500. The first-order chi connectivity index (χ1) is 6.20. The van der Waals surface area contributed by atoms with Gasteiger partial charge in [-0.3, -0.25) is 0 Å². The second-order valence-electron chi connectivity index (χ2n) is 3.49. The Labute approximate surface area is 82.6 Å². The summed E-state index contributed by atoms with van der Waals surface area (Å²) in [5.41, 5.74) is 3.30. The topological polar surface area (TPSA) is 33.1 Å². The Morgan fingerprint density at radius 3 is 2.85 bits per heavy atom. The van der Waals surface area contributed by atoms with Crippen molar-refractivity contribution in [3.63, 3.8) is 0 Å². The van der Waals surface area contributed by atoms with Crippen LogP contribution < -0.4 is 0 Å². The molecule has 0 radical (unpaired) electrons. The molecule has 1 aromatic rings. The van der Waals surface area contributed by atoms with Crippen molar-refractivity contribution in [2.75, 3.05) is 0 Å². The minimum atomic E-state index is -0.434. The highest BCUT2D eigenvalue weighted by Gasteiger charge is 2.20. The largest absolute Gasteiger partial charge is 0.389 e. The molecule has 70 valence electrons. The highest BCUT2D eigenvalue weighted by atomic mass is 35.5. The van der Waals surface area contributed by atoms with Crippen molar-refractivity contribution >= 4 is 11.6 Å². The van der Waals surface area contributed by atoms with E-state index in [1.807, 2.05) is 0 Å². The lowest BCUT2D eigenvalue weighted by Crippen LogP contribution is -2.00. The summed E-state index contributed by atoms with van der Waals surface area (Å²) in [5.74, 6) is 0. The molecule has 13 heavy (non-hydrogen) atoms. The van der Waals surface area contributed by atoms with Gasteiger partial charge >= 0.3 is 0 Å². The van der Waals surface area contributed by atoms with Gasteiger partial charge in [-0.25, -0.2) is 4.98 Å². The molecule has 0 fully saturated rings. The van der Waals surface area contributed by atoms with Crippen LogP contribution in [0.25, 0.3) is 0 Å². The number of halogens is 1. The molecule has 1 heterocycles. The summed E-state index contributed by atoms with van der Waals surface area (Å²) in [6, 6.07) is 0. The quantitative estimate of drug-likeness (QED) is 0.701. The Bertz CT molecular complexity index is 336. The van der Waals surface area contributed by atoms with Crippen molar-refractivity contribution in [2.45, 2.75) is 32.3 Å². The molecule has 1 aliphatic carbocycles. The van der Waals surface area contributed by atoms with Crippen molar-refractivity contribution in [3.05, 3.63) is 28.0 Å². The van der Waals surface area contributed by atoms with E-state index in [1.54, 1.807) is 13.1 Å². The van der Waals surface area contributed by atoms with Crippen LogP contribution in [0.3, 0.4) is 0 Å². The van der Waals surface area contributed by atoms with Crippen LogP contribution >= 0.6 is 11.6 Å². The predicted octanol–water partition coefficient (Wildman–Crippen LogP) is 2.28. The van der Waals surface area contributed by atoms with E-state index in [4.69, 9.17) is 11.6 Å². The standard InChI is InChI=1S/C10H12ClNO/c1-6(13)9-5-12-10(11)8-4-2-3-7(8)9/h5-6,13H,2-4H2,1H3. The minimum absolute atomic E-state index is 0.434. The molecule has 0 aliphatic heterocycles. The number of hydrogen-bond donors (Lipinski definition) is 1. The molecule has 0 aromatic carbocycles. The van der Waals surface area contributed by atoms with Gasteiger partial charge in [0.15, 0.2) is 0 Å². The molecule has 2 nitrogen and oxygen atoms in total. The fourth-order valence-corrected chi connectivity index (χ4v) is 2.19. The third-order valence-corrected chi connectivity index (χ3v) is 2.91. The van der Waals surface area contributed by atoms with Crippen LogP contribution in [0.4, 0.5) is 0 Å². The molecular formula is C10H12ClNO. The number of rotatable bonds is 1. The number of aliphatic hydroxyl groups is 1. The maximum Gasteiger partial charge on any atom is 0.132 e. The van der Waals surface area contributed by atoms with Gasteiger partial charge in [-0.05, 0) is 37.3 Å². The Balaban J connectivity index is 2.56. The van der Waals surface area contributed by atoms with Gasteiger partial charge in [0, 0.05) is 11.8 Å². The summed E-state index contributed by atoms with van der Waals surface area (Å²) in [6.07, 6.45) is 4.41. The van der Waals surface area contributed by atoms with Crippen molar-refractivity contribution in [2.24, 2.45) is 0 Å². The van der Waals surface area contributed by atoms with Crippen LogP contribution in [0.5, 0.6) is 0 Å². The summed E-state index contributed by atoms with van der Waals surface area (Å²) < 4.78 is 0. The van der Waals surface area contributed by atoms with E-state index in [2.05, 4.69) is 4.98 Å². The van der Waals surface area contributed by atoms with Crippen LogP contribution in [0.2, 0.25) is 5.15 Å². The van der Waals surface area contributed by atoms with Crippen molar-refractivity contribution < 1.29 is 5.11 Å². The lowest BCUT2D eigenvalue weighted by molar-refractivity contribution is 0.198. The van der Waals surface area contributed by atoms with Gasteiger partial charge in [0.25, 0.3) is 0 Å². The molecule has 1 aromatic heterocycles. The summed E-state index contributed by atoms with van der Waals surface area (Å²) in [4.78, 5) is 4.08. The van der Waals surface area contributed by atoms with E-state index in [0.717, 1.165) is 30.4 Å². The molecule has 0 saturated heterocycles. The maximum atomic E-state index is 9.50. The van der Waals surface area contributed by atoms with Gasteiger partial charge in [0.05, 0.1) is 6.10 Å². The highest BCUT2D eigenvalue weighted by Crippen LogP contribution is 2.32. The molecule has 0 bridgehead atoms. The van der Waals surface area contributed by atoms with E-state index in [1.165, 1.54) is 5.56 Å². The van der Waals surface area contributed by atoms with Crippen molar-refractivity contribution in [3.8, 4) is 0 Å². The highest BCUT2D eigenvalue weighted by molar-refractivity contribution is 6.30. The van der Waals surface area contributed by atoms with E-state index in [0.29, 0.717) is 5.15 Å². The maximum absolute atomic E-state index is 9.50. The molecule has 0 spiro atoms. The molecule has 1 aliphatic rings. The van der Waals surface area contributed by atoms with Gasteiger partial charge < -0.3 is 5.11 Å². The Morgan fingerprint density at radius 1 is 1.46 bits per heavy atom. The van der Waals surface area contributed by atoms with Crippen LogP contribution in [-0.4, -0.2) is 10.1 Å². The van der Waals surface area contributed by atoms with Crippen LogP contribution in [0.15, 0.2) is 6.20 Å². The smallest absolute Gasteiger partial charge is 0.132 e. The molecule has 0 amide bonds. The summed E-state index contributed by atoms with van der Waals surface area (Å²) in [5, 5.41) is 10.1. The number of aromatic nitrogens is 1. The number of nitrogens with zero attached hydrogens (tertiary/aromatic N) is 1. The minimum Gasteiger partial charge on any atom is -0.389 e. The normalized spacial score (nSPS) is 17.2. The van der Waals surface area contributed by atoms with Gasteiger partial charge in [0.1, 0.15) is 5.15 Å². The first-order valence-corrected chi connectivity index (χ1v) is 4.92. The molecule has 2 rings (SSSR count). The van der Waals surface area contributed by atoms with Gasteiger partial charge in [0.2, 0.25) is 0 Å². The second kappa shape index (κ2) is 3.28. The van der Waals surface area contributed by atoms with E-state index >= 15 is 0 Å². The molecular weight excluding hydrogens is 186 g/mol. The Morgan fingerprint density at radius 2 is 2.15 bits per heavy atom. The lowest BCUT2D eigenvalue weighted by atomic mass is 10.0. The number of fused-ring (bicyclic) bond motifs is 1. The average Bonchev–Trinajstić information content (AvgIpc) is 2.53. The lowest BCUT2D eigenvalue weighted by Gasteiger charge is -2.10. The third-order valence-electron chi connectivity index (χ3n) is 2.58. The first-order valence-electron chi connectivity index (χ1n) is 4.54. The number of aliphatic hydroxyl groups excluding tert-OH is 1. The average molecular weight is 198 g/mol. The second-order valence-corrected chi connectivity index (χ2v) is 3.85. The monoisotopic (exact) mass is 197 g/mol. The Kier molecular flexibility index (Phi) is 2.26. The van der Waals surface area contributed by atoms with Gasteiger partial charge in [-0.15, -0.1) is 0 Å². The van der Waals surface area contributed by atoms with Crippen molar-refractivity contribution in [1.82, 2.24) is 4.98 Å². The zero-order valence-corrected chi connectivity index (χ0v) is 8.30. The molecule has 3 heteroatoms. The van der Waals surface area contributed by atoms with E-state index in [9.17, 15) is 5.11 Å². The summed E-state index contributed by atoms with van der Waals surface area (Å²) in [7, 11) is 0. The molecule has 1 atom stereocenters. The number of hydrogen-bond acceptors (Lipinski definition) is 2. The van der Waals surface area contributed by atoms with Crippen molar-refractivity contribution in [1.29, 1.82) is 0 Å². The van der Waals surface area contributed by atoms with Gasteiger partial charge in [-0.1, -0.05) is 11.6 Å². The van der Waals surface area contributed by atoms with Gasteiger partial charge in [-0.2, -0.15) is 0 Å². The fourth-order valence-electron chi connectivity index (χ4n) is 1.93. The zero-order chi connectivity index (χ0) is 9.42. The number of pyridine rings is 1. The molecule has 1 unspecified atom stereocenters. The SMILES string of the molecule is CC(O)c1cnc(Cl)c2c1CCC2. The van der Waals surface area contributed by atoms with Crippen LogP contribution in [0.1, 0.15) is 36.1 Å².